The molecule has 0 saturated heterocycles. The summed E-state index contributed by atoms with van der Waals surface area (Å²) in [7, 11) is 1.63. The molecule has 39 heavy (non-hydrogen) atoms. The molecule has 1 saturated carbocycles. The summed E-state index contributed by atoms with van der Waals surface area (Å²) in [5.74, 6) is 2.54. The Hall–Kier alpha value is -4.31. The van der Waals surface area contributed by atoms with Crippen molar-refractivity contribution in [3.63, 3.8) is 0 Å². The number of ether oxygens (including phenoxy) is 2. The molecule has 10 heteroatoms. The van der Waals surface area contributed by atoms with Crippen molar-refractivity contribution in [2.45, 2.75) is 32.1 Å². The molecule has 5 rings (SSSR count). The summed E-state index contributed by atoms with van der Waals surface area (Å²) in [5, 5.41) is 6.03. The molecule has 0 spiro atoms. The molecule has 10 nitrogen and oxygen atoms in total. The van der Waals surface area contributed by atoms with Gasteiger partial charge in [0, 0.05) is 24.2 Å². The number of methoxy groups -OCH3 is 1. The SMILES string of the molecule is C=CC(=O)Nc1cccc(N2CC(C3CCCCC3)=Nc3cnc(Nc4ccc(OCCOC)cn4)nc32)c1. The van der Waals surface area contributed by atoms with Gasteiger partial charge >= 0.3 is 0 Å². The van der Waals surface area contributed by atoms with Gasteiger partial charge in [-0.2, -0.15) is 4.98 Å². The average Bonchev–Trinajstić information content (AvgIpc) is 2.98. The monoisotopic (exact) mass is 527 g/mol. The zero-order valence-electron chi connectivity index (χ0n) is 22.1. The van der Waals surface area contributed by atoms with Gasteiger partial charge in [-0.05, 0) is 55.2 Å². The number of pyridine rings is 1. The number of hydrogen-bond donors (Lipinski definition) is 2. The number of amides is 1. The summed E-state index contributed by atoms with van der Waals surface area (Å²) in [5.41, 5.74) is 3.47. The zero-order chi connectivity index (χ0) is 27.0. The second-order valence-corrected chi connectivity index (χ2v) is 9.52. The molecule has 1 aliphatic carbocycles. The molecule has 3 heterocycles. The zero-order valence-corrected chi connectivity index (χ0v) is 22.1. The first-order chi connectivity index (χ1) is 19.1. The highest BCUT2D eigenvalue weighted by atomic mass is 16.5. The molecular weight excluding hydrogens is 494 g/mol. The van der Waals surface area contributed by atoms with E-state index in [-0.39, 0.29) is 5.91 Å². The second-order valence-electron chi connectivity index (χ2n) is 9.52. The highest BCUT2D eigenvalue weighted by Crippen LogP contribution is 2.39. The molecule has 3 aromatic rings. The average molecular weight is 528 g/mol. The molecule has 1 aromatic carbocycles. The van der Waals surface area contributed by atoms with Crippen LogP contribution in [-0.4, -0.2) is 53.4 Å². The van der Waals surface area contributed by atoms with Gasteiger partial charge in [-0.1, -0.05) is 31.9 Å². The van der Waals surface area contributed by atoms with E-state index < -0.39 is 0 Å². The van der Waals surface area contributed by atoms with Gasteiger partial charge in [-0.15, -0.1) is 0 Å². The van der Waals surface area contributed by atoms with E-state index in [0.29, 0.717) is 54.7 Å². The van der Waals surface area contributed by atoms with Gasteiger partial charge in [-0.25, -0.2) is 9.97 Å². The van der Waals surface area contributed by atoms with Crippen molar-refractivity contribution >= 4 is 46.3 Å². The summed E-state index contributed by atoms with van der Waals surface area (Å²) in [4.78, 5) is 32.9. The fourth-order valence-corrected chi connectivity index (χ4v) is 4.84. The summed E-state index contributed by atoms with van der Waals surface area (Å²) in [6.45, 7) is 5.13. The molecule has 1 aliphatic heterocycles. The number of fused-ring (bicyclic) bond motifs is 1. The Bertz CT molecular complexity index is 1340. The van der Waals surface area contributed by atoms with Crippen molar-refractivity contribution in [2.24, 2.45) is 10.9 Å². The summed E-state index contributed by atoms with van der Waals surface area (Å²) < 4.78 is 10.6. The first-order valence-electron chi connectivity index (χ1n) is 13.2. The van der Waals surface area contributed by atoms with Crippen molar-refractivity contribution in [1.82, 2.24) is 15.0 Å². The molecule has 1 fully saturated rings. The largest absolute Gasteiger partial charge is 0.490 e. The number of anilines is 5. The lowest BCUT2D eigenvalue weighted by atomic mass is 9.85. The first-order valence-corrected chi connectivity index (χ1v) is 13.2. The molecule has 1 amide bonds. The van der Waals surface area contributed by atoms with E-state index in [1.807, 2.05) is 36.4 Å². The van der Waals surface area contributed by atoms with E-state index >= 15 is 0 Å². The normalized spacial score (nSPS) is 15.2. The van der Waals surface area contributed by atoms with Crippen molar-refractivity contribution in [1.29, 1.82) is 0 Å². The van der Waals surface area contributed by atoms with E-state index in [2.05, 4.69) is 32.1 Å². The van der Waals surface area contributed by atoms with Crippen LogP contribution in [0.2, 0.25) is 0 Å². The number of carbonyl (C=O) groups is 1. The Morgan fingerprint density at radius 3 is 2.77 bits per heavy atom. The lowest BCUT2D eigenvalue weighted by molar-refractivity contribution is -0.111. The molecular formula is C29H33N7O3. The van der Waals surface area contributed by atoms with Crippen LogP contribution in [0, 0.1) is 5.92 Å². The Morgan fingerprint density at radius 2 is 2.00 bits per heavy atom. The minimum Gasteiger partial charge on any atom is -0.490 e. The van der Waals surface area contributed by atoms with Crippen molar-refractivity contribution < 1.29 is 14.3 Å². The van der Waals surface area contributed by atoms with Crippen LogP contribution in [0.3, 0.4) is 0 Å². The van der Waals surface area contributed by atoms with Crippen LogP contribution in [0.1, 0.15) is 32.1 Å². The van der Waals surface area contributed by atoms with E-state index in [1.165, 1.54) is 25.3 Å². The smallest absolute Gasteiger partial charge is 0.247 e. The third kappa shape index (κ3) is 6.58. The maximum absolute atomic E-state index is 11.9. The maximum atomic E-state index is 11.9. The number of aliphatic imine (C=N–C) groups is 1. The van der Waals surface area contributed by atoms with Crippen LogP contribution in [-0.2, 0) is 9.53 Å². The highest BCUT2D eigenvalue weighted by molar-refractivity contribution is 6.01. The van der Waals surface area contributed by atoms with Crippen molar-refractivity contribution in [2.75, 3.05) is 42.4 Å². The van der Waals surface area contributed by atoms with E-state index in [9.17, 15) is 4.79 Å². The molecule has 2 N–H and O–H groups in total. The van der Waals surface area contributed by atoms with Crippen molar-refractivity contribution in [3.05, 3.63) is 61.4 Å². The number of nitrogens with zero attached hydrogens (tertiary/aromatic N) is 5. The van der Waals surface area contributed by atoms with Crippen LogP contribution < -0.4 is 20.3 Å². The van der Waals surface area contributed by atoms with E-state index in [0.717, 1.165) is 29.9 Å². The van der Waals surface area contributed by atoms with Gasteiger partial charge in [0.25, 0.3) is 0 Å². The summed E-state index contributed by atoms with van der Waals surface area (Å²) in [6.07, 6.45) is 10.7. The molecule has 0 radical (unpaired) electrons. The fraction of sp³-hybridized carbons (Fsp3) is 0.345. The van der Waals surface area contributed by atoms with Gasteiger partial charge in [0.2, 0.25) is 11.9 Å². The predicted octanol–water partition coefficient (Wildman–Crippen LogP) is 5.57. The third-order valence-corrected chi connectivity index (χ3v) is 6.81. The quantitative estimate of drug-likeness (QED) is 0.260. The lowest BCUT2D eigenvalue weighted by Gasteiger charge is -2.33. The standard InChI is InChI=1S/C29H33N7O3/c1-3-27(37)32-21-10-7-11-22(16-21)36-19-25(20-8-5-4-6-9-20)33-24-18-31-29(35-28(24)36)34-26-13-12-23(17-30-26)39-15-14-38-2/h3,7,10-13,16-18,20H,1,4-6,8-9,14-15,19H2,2H3,(H,32,37)(H,30,31,34,35). The Balaban J connectivity index is 1.43. The number of rotatable bonds is 10. The highest BCUT2D eigenvalue weighted by Gasteiger charge is 2.29. The van der Waals surface area contributed by atoms with E-state index in [4.69, 9.17) is 19.5 Å². The lowest BCUT2D eigenvalue weighted by Crippen LogP contribution is -2.34. The van der Waals surface area contributed by atoms with Gasteiger partial charge in [0.15, 0.2) is 5.82 Å². The molecule has 0 bridgehead atoms. The minimum absolute atomic E-state index is 0.257. The maximum Gasteiger partial charge on any atom is 0.247 e. The number of benzene rings is 1. The summed E-state index contributed by atoms with van der Waals surface area (Å²) >= 11 is 0. The van der Waals surface area contributed by atoms with Crippen LogP contribution >= 0.6 is 0 Å². The number of nitrogens with one attached hydrogen (secondary N) is 2. The topological polar surface area (TPSA) is 114 Å². The molecule has 0 unspecified atom stereocenters. The molecule has 2 aromatic heterocycles. The minimum atomic E-state index is -0.257. The van der Waals surface area contributed by atoms with Crippen molar-refractivity contribution in [3.8, 4) is 5.75 Å². The van der Waals surface area contributed by atoms with Crippen LogP contribution in [0.25, 0.3) is 0 Å². The van der Waals surface area contributed by atoms with Crippen LogP contribution in [0.5, 0.6) is 5.75 Å². The predicted molar refractivity (Wildman–Crippen MR) is 153 cm³/mol. The number of aromatic nitrogens is 3. The Morgan fingerprint density at radius 1 is 1.13 bits per heavy atom. The first kappa shape index (κ1) is 26.3. The number of hydrogen-bond acceptors (Lipinski definition) is 9. The summed E-state index contributed by atoms with van der Waals surface area (Å²) in [6, 6.07) is 11.4. The second kappa shape index (κ2) is 12.5. The third-order valence-electron chi connectivity index (χ3n) is 6.81. The van der Waals surface area contributed by atoms with Gasteiger partial charge in [-0.3, -0.25) is 9.79 Å². The van der Waals surface area contributed by atoms with Crippen LogP contribution in [0.15, 0.2) is 66.4 Å². The molecule has 2 aliphatic rings. The van der Waals surface area contributed by atoms with Gasteiger partial charge in [0.1, 0.15) is 23.9 Å². The fourth-order valence-electron chi connectivity index (χ4n) is 4.84. The number of carbonyl (C=O) groups excluding carboxylic acids is 1. The van der Waals surface area contributed by atoms with Gasteiger partial charge in [0.05, 0.1) is 25.5 Å². The molecule has 202 valence electrons. The van der Waals surface area contributed by atoms with Crippen LogP contribution in [0.4, 0.5) is 34.6 Å². The molecule has 0 atom stereocenters. The van der Waals surface area contributed by atoms with Gasteiger partial charge < -0.3 is 25.0 Å². The van der Waals surface area contributed by atoms with E-state index in [1.54, 1.807) is 19.5 Å². The Kier molecular flexibility index (Phi) is 8.42. The Labute approximate surface area is 228 Å².